The Morgan fingerprint density at radius 3 is 2.52 bits per heavy atom. The van der Waals surface area contributed by atoms with Crippen LogP contribution < -0.4 is 4.74 Å². The van der Waals surface area contributed by atoms with Gasteiger partial charge in [-0.25, -0.2) is 4.79 Å². The number of aryl methyl sites for hydroxylation is 2. The molecular weight excluding hydrogens is 272 g/mol. The maximum Gasteiger partial charge on any atom is 0.381 e. The Balaban J connectivity index is 2.27. The van der Waals surface area contributed by atoms with Crippen molar-refractivity contribution >= 4 is 11.8 Å². The van der Waals surface area contributed by atoms with E-state index in [4.69, 9.17) is 4.74 Å². The molecule has 0 saturated heterocycles. The predicted octanol–water partition coefficient (Wildman–Crippen LogP) is 1.66. The molecule has 0 bridgehead atoms. The van der Waals surface area contributed by atoms with Crippen LogP contribution in [0, 0.1) is 6.92 Å². The Morgan fingerprint density at radius 1 is 1.24 bits per heavy atom. The molecule has 1 heterocycles. The van der Waals surface area contributed by atoms with E-state index in [0.29, 0.717) is 11.4 Å². The van der Waals surface area contributed by atoms with E-state index in [0.717, 1.165) is 12.7 Å². The highest BCUT2D eigenvalue weighted by atomic mass is 16.5. The quantitative estimate of drug-likeness (QED) is 0.475. The maximum absolute atomic E-state index is 12.0. The summed E-state index contributed by atoms with van der Waals surface area (Å²) >= 11 is 0. The third kappa shape index (κ3) is 3.10. The number of ketones is 1. The molecule has 0 aliphatic rings. The molecule has 0 radical (unpaired) electrons. The highest BCUT2D eigenvalue weighted by Crippen LogP contribution is 2.24. The smallest absolute Gasteiger partial charge is 0.381 e. The fourth-order valence-corrected chi connectivity index (χ4v) is 1.98. The van der Waals surface area contributed by atoms with Crippen LogP contribution in [0.25, 0.3) is 0 Å². The first-order chi connectivity index (χ1) is 10.0. The molecule has 6 heteroatoms. The number of carbonyl (C=O) groups excluding carboxylic acids is 2. The van der Waals surface area contributed by atoms with Gasteiger partial charge in [-0.05, 0) is 12.5 Å². The lowest BCUT2D eigenvalue weighted by molar-refractivity contribution is -0.135. The number of hydrogen-bond acceptors (Lipinski definition) is 5. The molecule has 1 aromatic heterocycles. The maximum atomic E-state index is 12.0. The predicted molar refractivity (Wildman–Crippen MR) is 75.1 cm³/mol. The summed E-state index contributed by atoms with van der Waals surface area (Å²) in [6, 6.07) is 9.52. The molecule has 21 heavy (non-hydrogen) atoms. The average molecular weight is 288 g/mol. The summed E-state index contributed by atoms with van der Waals surface area (Å²) in [6.07, 6.45) is 0. The SMILES string of the molecule is COC(=O)C(=O)c1c(OCc2ccccc2)c(C)nn1C. The van der Waals surface area contributed by atoms with Crippen LogP contribution in [0.15, 0.2) is 30.3 Å². The first-order valence-corrected chi connectivity index (χ1v) is 6.37. The second-order valence-electron chi connectivity index (χ2n) is 4.48. The van der Waals surface area contributed by atoms with Crippen molar-refractivity contribution < 1.29 is 19.1 Å². The number of Topliss-reactive ketones (excluding diaryl/α,β-unsaturated/α-hetero) is 1. The summed E-state index contributed by atoms with van der Waals surface area (Å²) in [5, 5.41) is 4.12. The van der Waals surface area contributed by atoms with Crippen LogP contribution in [-0.2, 0) is 23.2 Å². The molecule has 0 aliphatic heterocycles. The largest absolute Gasteiger partial charge is 0.485 e. The number of hydrogen-bond donors (Lipinski definition) is 0. The fraction of sp³-hybridized carbons (Fsp3) is 0.267. The van der Waals surface area contributed by atoms with Crippen molar-refractivity contribution in [2.75, 3.05) is 7.11 Å². The lowest BCUT2D eigenvalue weighted by Gasteiger charge is -2.07. The number of esters is 1. The zero-order chi connectivity index (χ0) is 15.4. The van der Waals surface area contributed by atoms with Gasteiger partial charge in [0, 0.05) is 7.05 Å². The molecule has 0 amide bonds. The van der Waals surface area contributed by atoms with Crippen LogP contribution in [0.5, 0.6) is 5.75 Å². The average Bonchev–Trinajstić information content (AvgIpc) is 2.78. The lowest BCUT2D eigenvalue weighted by atomic mass is 10.2. The molecule has 0 spiro atoms. The van der Waals surface area contributed by atoms with Gasteiger partial charge in [-0.1, -0.05) is 30.3 Å². The molecule has 6 nitrogen and oxygen atoms in total. The number of carbonyl (C=O) groups is 2. The second-order valence-corrected chi connectivity index (χ2v) is 4.48. The Bertz CT molecular complexity index is 662. The summed E-state index contributed by atoms with van der Waals surface area (Å²) in [6.45, 7) is 2.00. The van der Waals surface area contributed by atoms with E-state index in [1.807, 2.05) is 30.3 Å². The van der Waals surface area contributed by atoms with Crippen molar-refractivity contribution in [3.05, 3.63) is 47.3 Å². The number of nitrogens with zero attached hydrogens (tertiary/aromatic N) is 2. The zero-order valence-corrected chi connectivity index (χ0v) is 12.1. The summed E-state index contributed by atoms with van der Waals surface area (Å²) in [5.41, 5.74) is 1.59. The van der Waals surface area contributed by atoms with Crippen molar-refractivity contribution in [1.29, 1.82) is 0 Å². The molecule has 0 aliphatic carbocycles. The molecule has 0 saturated carbocycles. The van der Waals surface area contributed by atoms with Crippen LogP contribution >= 0.6 is 0 Å². The summed E-state index contributed by atoms with van der Waals surface area (Å²) in [5.74, 6) is -1.41. The van der Waals surface area contributed by atoms with E-state index < -0.39 is 11.8 Å². The van der Waals surface area contributed by atoms with E-state index in [1.54, 1.807) is 14.0 Å². The standard InChI is InChI=1S/C15H16N2O4/c1-10-14(21-9-11-7-5-4-6-8-11)12(17(2)16-10)13(18)15(19)20-3/h4-8H,9H2,1-3H3. The van der Waals surface area contributed by atoms with E-state index in [-0.39, 0.29) is 12.3 Å². The van der Waals surface area contributed by atoms with E-state index in [9.17, 15) is 9.59 Å². The van der Waals surface area contributed by atoms with Crippen molar-refractivity contribution in [1.82, 2.24) is 9.78 Å². The minimum atomic E-state index is -0.942. The van der Waals surface area contributed by atoms with Crippen LogP contribution in [-0.4, -0.2) is 28.6 Å². The van der Waals surface area contributed by atoms with Gasteiger partial charge in [-0.3, -0.25) is 9.48 Å². The summed E-state index contributed by atoms with van der Waals surface area (Å²) in [4.78, 5) is 23.5. The number of aromatic nitrogens is 2. The van der Waals surface area contributed by atoms with Gasteiger partial charge in [0.2, 0.25) is 0 Å². The van der Waals surface area contributed by atoms with Crippen molar-refractivity contribution in [2.24, 2.45) is 7.05 Å². The third-order valence-electron chi connectivity index (χ3n) is 2.98. The topological polar surface area (TPSA) is 70.4 Å². The summed E-state index contributed by atoms with van der Waals surface area (Å²) < 4.78 is 11.5. The molecule has 0 unspecified atom stereocenters. The minimum absolute atomic E-state index is 0.0929. The van der Waals surface area contributed by atoms with Gasteiger partial charge in [0.05, 0.1) is 7.11 Å². The third-order valence-corrected chi connectivity index (χ3v) is 2.98. The molecule has 0 atom stereocenters. The van der Waals surface area contributed by atoms with Gasteiger partial charge in [-0.2, -0.15) is 5.10 Å². The van der Waals surface area contributed by atoms with Gasteiger partial charge in [0.1, 0.15) is 12.3 Å². The van der Waals surface area contributed by atoms with E-state index >= 15 is 0 Å². The van der Waals surface area contributed by atoms with Crippen LogP contribution in [0.3, 0.4) is 0 Å². The number of methoxy groups -OCH3 is 1. The van der Waals surface area contributed by atoms with Gasteiger partial charge in [0.15, 0.2) is 11.4 Å². The van der Waals surface area contributed by atoms with Gasteiger partial charge in [0.25, 0.3) is 5.78 Å². The molecule has 2 aromatic rings. The first kappa shape index (κ1) is 14.8. The van der Waals surface area contributed by atoms with Crippen molar-refractivity contribution in [3.63, 3.8) is 0 Å². The lowest BCUT2D eigenvalue weighted by Crippen LogP contribution is -2.20. The normalized spacial score (nSPS) is 10.2. The molecule has 0 N–H and O–H groups in total. The second kappa shape index (κ2) is 6.21. The Labute approximate surface area is 122 Å². The highest BCUT2D eigenvalue weighted by molar-refractivity contribution is 6.40. The molecule has 1 aromatic carbocycles. The summed E-state index contributed by atoms with van der Waals surface area (Å²) in [7, 11) is 2.74. The highest BCUT2D eigenvalue weighted by Gasteiger charge is 2.27. The first-order valence-electron chi connectivity index (χ1n) is 6.37. The van der Waals surface area contributed by atoms with Crippen molar-refractivity contribution in [2.45, 2.75) is 13.5 Å². The minimum Gasteiger partial charge on any atom is -0.485 e. The molecular formula is C15H16N2O4. The van der Waals surface area contributed by atoms with Gasteiger partial charge in [-0.15, -0.1) is 0 Å². The van der Waals surface area contributed by atoms with Crippen LogP contribution in [0.2, 0.25) is 0 Å². The van der Waals surface area contributed by atoms with Crippen molar-refractivity contribution in [3.8, 4) is 5.75 Å². The van der Waals surface area contributed by atoms with Gasteiger partial charge < -0.3 is 9.47 Å². The molecule has 2 rings (SSSR count). The molecule has 110 valence electrons. The molecule has 0 fully saturated rings. The van der Waals surface area contributed by atoms with E-state index in [1.165, 1.54) is 4.68 Å². The van der Waals surface area contributed by atoms with Gasteiger partial charge >= 0.3 is 5.97 Å². The van der Waals surface area contributed by atoms with Crippen LogP contribution in [0.4, 0.5) is 0 Å². The Hall–Kier alpha value is -2.63. The van der Waals surface area contributed by atoms with E-state index in [2.05, 4.69) is 9.84 Å². The monoisotopic (exact) mass is 288 g/mol. The Kier molecular flexibility index (Phi) is 4.37. The fourth-order valence-electron chi connectivity index (χ4n) is 1.98. The number of ether oxygens (including phenoxy) is 2. The zero-order valence-electron chi connectivity index (χ0n) is 12.1. The Morgan fingerprint density at radius 2 is 1.90 bits per heavy atom. The van der Waals surface area contributed by atoms with Crippen LogP contribution in [0.1, 0.15) is 21.7 Å². The number of rotatable bonds is 5. The number of benzene rings is 1.